The minimum absolute atomic E-state index is 0.0783. The van der Waals surface area contributed by atoms with E-state index in [1.807, 2.05) is 55.5 Å². The van der Waals surface area contributed by atoms with E-state index in [1.165, 1.54) is 6.07 Å². The van der Waals surface area contributed by atoms with Gasteiger partial charge in [-0.3, -0.25) is 0 Å². The molecular formula is C19H15NO3. The number of aryl methyl sites for hydroxylation is 1. The quantitative estimate of drug-likeness (QED) is 0.714. The monoisotopic (exact) mass is 305 g/mol. The molecule has 23 heavy (non-hydrogen) atoms. The number of carboxylic acids is 1. The van der Waals surface area contributed by atoms with Gasteiger partial charge in [-0.25, -0.2) is 9.78 Å². The van der Waals surface area contributed by atoms with Crippen LogP contribution in [0.25, 0.3) is 23.1 Å². The number of rotatable bonds is 3. The molecule has 1 heterocycles. The zero-order valence-electron chi connectivity index (χ0n) is 12.5. The Morgan fingerprint density at radius 2 is 1.83 bits per heavy atom. The summed E-state index contributed by atoms with van der Waals surface area (Å²) in [6.45, 7) is 1.92. The molecular weight excluding hydrogens is 290 g/mol. The Morgan fingerprint density at radius 3 is 2.52 bits per heavy atom. The van der Waals surface area contributed by atoms with Crippen LogP contribution in [0.1, 0.15) is 27.2 Å². The number of aromatic carboxylic acids is 1. The van der Waals surface area contributed by atoms with Crippen LogP contribution in [-0.4, -0.2) is 21.2 Å². The average Bonchev–Trinajstić information content (AvgIpc) is 2.54. The lowest BCUT2D eigenvalue weighted by Gasteiger charge is -2.07. The molecule has 0 saturated carbocycles. The van der Waals surface area contributed by atoms with E-state index in [-0.39, 0.29) is 11.4 Å². The lowest BCUT2D eigenvalue weighted by atomic mass is 10.0. The summed E-state index contributed by atoms with van der Waals surface area (Å²) < 4.78 is 0. The molecule has 0 aliphatic rings. The van der Waals surface area contributed by atoms with Crippen LogP contribution < -0.4 is 0 Å². The van der Waals surface area contributed by atoms with Crippen molar-refractivity contribution in [2.75, 3.05) is 0 Å². The number of aromatic nitrogens is 1. The van der Waals surface area contributed by atoms with Crippen molar-refractivity contribution in [3.05, 3.63) is 70.9 Å². The second-order valence-corrected chi connectivity index (χ2v) is 5.33. The van der Waals surface area contributed by atoms with Gasteiger partial charge in [-0.05, 0) is 30.2 Å². The van der Waals surface area contributed by atoms with E-state index in [1.54, 1.807) is 6.07 Å². The summed E-state index contributed by atoms with van der Waals surface area (Å²) in [4.78, 5) is 15.3. The first-order chi connectivity index (χ1) is 11.0. The second kappa shape index (κ2) is 5.93. The normalized spacial score (nSPS) is 11.2. The van der Waals surface area contributed by atoms with Gasteiger partial charge in [0, 0.05) is 17.0 Å². The molecule has 0 amide bonds. The molecule has 2 aromatic carbocycles. The van der Waals surface area contributed by atoms with Crippen molar-refractivity contribution >= 4 is 29.0 Å². The predicted octanol–water partition coefficient (Wildman–Crippen LogP) is 4.12. The van der Waals surface area contributed by atoms with Crippen molar-refractivity contribution in [3.63, 3.8) is 0 Å². The van der Waals surface area contributed by atoms with Crippen molar-refractivity contribution < 1.29 is 15.0 Å². The SMILES string of the molecule is Cc1cc(/C=C/c2ccccc2)c2nc(C(=O)O)cc(O)c2c1. The number of hydrogen-bond acceptors (Lipinski definition) is 3. The van der Waals surface area contributed by atoms with Crippen molar-refractivity contribution in [3.8, 4) is 5.75 Å². The molecule has 4 heteroatoms. The molecule has 0 bridgehead atoms. The summed E-state index contributed by atoms with van der Waals surface area (Å²) in [5.74, 6) is -1.24. The van der Waals surface area contributed by atoms with E-state index in [2.05, 4.69) is 4.98 Å². The fourth-order valence-corrected chi connectivity index (χ4v) is 2.47. The summed E-state index contributed by atoms with van der Waals surface area (Å²) in [6, 6.07) is 14.7. The van der Waals surface area contributed by atoms with Crippen LogP contribution in [0.2, 0.25) is 0 Å². The molecule has 0 aliphatic heterocycles. The summed E-state index contributed by atoms with van der Waals surface area (Å²) in [5, 5.41) is 19.8. The first-order valence-corrected chi connectivity index (χ1v) is 7.15. The van der Waals surface area contributed by atoms with Gasteiger partial charge in [-0.2, -0.15) is 0 Å². The van der Waals surface area contributed by atoms with Crippen LogP contribution in [0, 0.1) is 6.92 Å². The minimum Gasteiger partial charge on any atom is -0.507 e. The first kappa shape index (κ1) is 14.8. The van der Waals surface area contributed by atoms with Gasteiger partial charge in [0.1, 0.15) is 5.75 Å². The Labute approximate surface area is 133 Å². The molecule has 0 aliphatic carbocycles. The Balaban J connectivity index is 2.19. The minimum atomic E-state index is -1.17. The predicted molar refractivity (Wildman–Crippen MR) is 90.5 cm³/mol. The molecule has 0 radical (unpaired) electrons. The fraction of sp³-hybridized carbons (Fsp3) is 0.0526. The topological polar surface area (TPSA) is 70.4 Å². The van der Waals surface area contributed by atoms with Gasteiger partial charge in [-0.1, -0.05) is 42.5 Å². The van der Waals surface area contributed by atoms with Gasteiger partial charge >= 0.3 is 5.97 Å². The van der Waals surface area contributed by atoms with Crippen LogP contribution in [0.3, 0.4) is 0 Å². The third-order valence-corrected chi connectivity index (χ3v) is 3.54. The molecule has 4 nitrogen and oxygen atoms in total. The lowest BCUT2D eigenvalue weighted by Crippen LogP contribution is -2.01. The molecule has 0 unspecified atom stereocenters. The van der Waals surface area contributed by atoms with Gasteiger partial charge in [-0.15, -0.1) is 0 Å². The highest BCUT2D eigenvalue weighted by Crippen LogP contribution is 2.29. The summed E-state index contributed by atoms with van der Waals surface area (Å²) in [6.07, 6.45) is 3.81. The third kappa shape index (κ3) is 3.06. The fourth-order valence-electron chi connectivity index (χ4n) is 2.47. The third-order valence-electron chi connectivity index (χ3n) is 3.54. The Bertz CT molecular complexity index is 915. The molecule has 0 spiro atoms. The number of fused-ring (bicyclic) bond motifs is 1. The molecule has 3 rings (SSSR count). The average molecular weight is 305 g/mol. The van der Waals surface area contributed by atoms with E-state index in [4.69, 9.17) is 5.11 Å². The largest absolute Gasteiger partial charge is 0.507 e. The molecule has 0 fully saturated rings. The highest BCUT2D eigenvalue weighted by atomic mass is 16.4. The molecule has 1 aromatic heterocycles. The summed E-state index contributed by atoms with van der Waals surface area (Å²) in [5.41, 5.74) is 3.06. The summed E-state index contributed by atoms with van der Waals surface area (Å²) in [7, 11) is 0. The Hall–Kier alpha value is -3.14. The van der Waals surface area contributed by atoms with Crippen molar-refractivity contribution in [2.24, 2.45) is 0 Å². The Morgan fingerprint density at radius 1 is 1.09 bits per heavy atom. The number of carbonyl (C=O) groups is 1. The number of carboxylic acid groups (broad SMARTS) is 1. The number of aromatic hydroxyl groups is 1. The summed E-state index contributed by atoms with van der Waals surface area (Å²) >= 11 is 0. The van der Waals surface area contributed by atoms with Crippen LogP contribution in [-0.2, 0) is 0 Å². The highest BCUT2D eigenvalue weighted by molar-refractivity contribution is 5.97. The van der Waals surface area contributed by atoms with Gasteiger partial charge in [0.05, 0.1) is 5.52 Å². The van der Waals surface area contributed by atoms with Gasteiger partial charge in [0.2, 0.25) is 0 Å². The van der Waals surface area contributed by atoms with Gasteiger partial charge in [0.15, 0.2) is 5.69 Å². The number of benzene rings is 2. The second-order valence-electron chi connectivity index (χ2n) is 5.33. The zero-order valence-corrected chi connectivity index (χ0v) is 12.5. The number of nitrogens with zero attached hydrogens (tertiary/aromatic N) is 1. The smallest absolute Gasteiger partial charge is 0.354 e. The van der Waals surface area contributed by atoms with Gasteiger partial charge < -0.3 is 10.2 Å². The maximum Gasteiger partial charge on any atom is 0.354 e. The highest BCUT2D eigenvalue weighted by Gasteiger charge is 2.12. The standard InChI is InChI=1S/C19H15NO3/c1-12-9-14(8-7-13-5-3-2-4-6-13)18-15(10-12)17(21)11-16(20-18)19(22)23/h2-11H,1H3,(H,20,21)(H,22,23)/b8-7+. The van der Waals surface area contributed by atoms with E-state index < -0.39 is 5.97 Å². The van der Waals surface area contributed by atoms with Crippen LogP contribution in [0.4, 0.5) is 0 Å². The zero-order chi connectivity index (χ0) is 16.4. The molecule has 2 N–H and O–H groups in total. The van der Waals surface area contributed by atoms with E-state index >= 15 is 0 Å². The molecule has 0 saturated heterocycles. The van der Waals surface area contributed by atoms with Crippen LogP contribution >= 0.6 is 0 Å². The van der Waals surface area contributed by atoms with Crippen LogP contribution in [0.5, 0.6) is 5.75 Å². The van der Waals surface area contributed by atoms with Gasteiger partial charge in [0.25, 0.3) is 0 Å². The van der Waals surface area contributed by atoms with Crippen molar-refractivity contribution in [2.45, 2.75) is 6.92 Å². The van der Waals surface area contributed by atoms with Crippen LogP contribution in [0.15, 0.2) is 48.5 Å². The van der Waals surface area contributed by atoms with E-state index in [9.17, 15) is 9.90 Å². The number of hydrogen-bond donors (Lipinski definition) is 2. The lowest BCUT2D eigenvalue weighted by molar-refractivity contribution is 0.0690. The molecule has 3 aromatic rings. The Kier molecular flexibility index (Phi) is 3.81. The van der Waals surface area contributed by atoms with E-state index in [0.29, 0.717) is 10.9 Å². The molecule has 0 atom stereocenters. The molecule has 114 valence electrons. The first-order valence-electron chi connectivity index (χ1n) is 7.15. The van der Waals surface area contributed by atoms with Crippen molar-refractivity contribution in [1.82, 2.24) is 4.98 Å². The van der Waals surface area contributed by atoms with Crippen molar-refractivity contribution in [1.29, 1.82) is 0 Å². The van der Waals surface area contributed by atoms with E-state index in [0.717, 1.165) is 16.7 Å². The number of pyridine rings is 1. The maximum absolute atomic E-state index is 11.2. The maximum atomic E-state index is 11.2.